The summed E-state index contributed by atoms with van der Waals surface area (Å²) in [7, 11) is 0. The molecule has 0 aliphatic rings. The van der Waals surface area contributed by atoms with Crippen molar-refractivity contribution in [2.45, 2.75) is 59.0 Å². The van der Waals surface area contributed by atoms with Crippen molar-refractivity contribution in [3.05, 3.63) is 12.2 Å². The van der Waals surface area contributed by atoms with E-state index in [1.165, 1.54) is 0 Å². The lowest BCUT2D eigenvalue weighted by molar-refractivity contribution is -0.139. The van der Waals surface area contributed by atoms with Gasteiger partial charge in [-0.15, -0.1) is 0 Å². The average molecular weight is 242 g/mol. The zero-order valence-corrected chi connectivity index (χ0v) is 11.7. The van der Waals surface area contributed by atoms with Crippen LogP contribution in [0.1, 0.15) is 53.4 Å². The molecule has 0 aromatic rings. The minimum Gasteiger partial charge on any atom is -0.462 e. The molecule has 0 saturated heterocycles. The number of ether oxygens (including phenoxy) is 2. The molecule has 0 aliphatic heterocycles. The molecule has 0 bridgehead atoms. The van der Waals surface area contributed by atoms with Gasteiger partial charge in [-0.05, 0) is 47.0 Å². The van der Waals surface area contributed by atoms with Gasteiger partial charge in [-0.2, -0.15) is 0 Å². The predicted octanol–water partition coefficient (Wildman–Crippen LogP) is 3.48. The first-order valence-electron chi connectivity index (χ1n) is 6.29. The second kappa shape index (κ2) is 8.29. The van der Waals surface area contributed by atoms with Crippen molar-refractivity contribution in [2.75, 3.05) is 13.2 Å². The summed E-state index contributed by atoms with van der Waals surface area (Å²) < 4.78 is 10.6. The van der Waals surface area contributed by atoms with Crippen molar-refractivity contribution in [3.8, 4) is 0 Å². The summed E-state index contributed by atoms with van der Waals surface area (Å²) in [6.07, 6.45) is 4.15. The van der Waals surface area contributed by atoms with Gasteiger partial charge in [0.1, 0.15) is 0 Å². The molecule has 3 nitrogen and oxygen atoms in total. The van der Waals surface area contributed by atoms with Gasteiger partial charge in [0.05, 0.1) is 12.2 Å². The summed E-state index contributed by atoms with van der Waals surface area (Å²) in [6, 6.07) is 0. The molecule has 0 atom stereocenters. The van der Waals surface area contributed by atoms with E-state index in [9.17, 15) is 4.79 Å². The first kappa shape index (κ1) is 16.2. The molecule has 0 unspecified atom stereocenters. The first-order chi connectivity index (χ1) is 7.83. The van der Waals surface area contributed by atoms with E-state index in [1.54, 1.807) is 6.92 Å². The fourth-order valence-electron chi connectivity index (χ4n) is 1.22. The Morgan fingerprint density at radius 3 is 2.06 bits per heavy atom. The number of hydrogen-bond donors (Lipinski definition) is 0. The quantitative estimate of drug-likeness (QED) is 0.371. The van der Waals surface area contributed by atoms with Crippen LogP contribution in [0.5, 0.6) is 0 Å². The van der Waals surface area contributed by atoms with Crippen molar-refractivity contribution in [3.63, 3.8) is 0 Å². The third-order valence-electron chi connectivity index (χ3n) is 2.16. The third-order valence-corrected chi connectivity index (χ3v) is 2.16. The highest BCUT2D eigenvalue weighted by Gasteiger charge is 2.08. The predicted molar refractivity (Wildman–Crippen MR) is 69.9 cm³/mol. The van der Waals surface area contributed by atoms with Gasteiger partial charge in [0, 0.05) is 12.2 Å². The molecule has 3 heteroatoms. The second-order valence-electron chi connectivity index (χ2n) is 5.29. The molecule has 0 spiro atoms. The number of rotatable bonds is 8. The largest absolute Gasteiger partial charge is 0.462 e. The van der Waals surface area contributed by atoms with Gasteiger partial charge in [-0.1, -0.05) is 13.0 Å². The standard InChI is InChI=1S/C14H26O3/c1-12(2)13(15)16-10-8-6-7-9-11-17-14(3,4)5/h1,6-11H2,2-5H3. The molecular formula is C14H26O3. The van der Waals surface area contributed by atoms with Gasteiger partial charge in [-0.25, -0.2) is 4.79 Å². The summed E-state index contributed by atoms with van der Waals surface area (Å²) in [5.41, 5.74) is 0.417. The monoisotopic (exact) mass is 242 g/mol. The topological polar surface area (TPSA) is 35.5 Å². The zero-order valence-electron chi connectivity index (χ0n) is 11.7. The molecule has 0 rings (SSSR count). The molecule has 0 fully saturated rings. The van der Waals surface area contributed by atoms with E-state index in [0.717, 1.165) is 32.3 Å². The zero-order chi connectivity index (χ0) is 13.3. The maximum atomic E-state index is 11.0. The van der Waals surface area contributed by atoms with Crippen LogP contribution in [0.4, 0.5) is 0 Å². The van der Waals surface area contributed by atoms with E-state index in [2.05, 4.69) is 27.4 Å². The van der Waals surface area contributed by atoms with Crippen LogP contribution < -0.4 is 0 Å². The SMILES string of the molecule is C=C(C)C(=O)OCCCCCCOC(C)(C)C. The maximum absolute atomic E-state index is 11.0. The van der Waals surface area contributed by atoms with Crippen molar-refractivity contribution in [1.29, 1.82) is 0 Å². The van der Waals surface area contributed by atoms with Crippen LogP contribution in [-0.4, -0.2) is 24.8 Å². The molecule has 0 amide bonds. The number of hydrogen-bond acceptors (Lipinski definition) is 3. The Balaban J connectivity index is 3.25. The highest BCUT2D eigenvalue weighted by molar-refractivity contribution is 5.86. The van der Waals surface area contributed by atoms with Crippen LogP contribution in [0.25, 0.3) is 0 Å². The van der Waals surface area contributed by atoms with E-state index in [1.807, 2.05) is 0 Å². The fraction of sp³-hybridized carbons (Fsp3) is 0.786. The fourth-order valence-corrected chi connectivity index (χ4v) is 1.22. The van der Waals surface area contributed by atoms with Gasteiger partial charge in [0.25, 0.3) is 0 Å². The van der Waals surface area contributed by atoms with E-state index >= 15 is 0 Å². The highest BCUT2D eigenvalue weighted by Crippen LogP contribution is 2.09. The van der Waals surface area contributed by atoms with Gasteiger partial charge in [0.15, 0.2) is 0 Å². The lowest BCUT2D eigenvalue weighted by Crippen LogP contribution is -2.19. The van der Waals surface area contributed by atoms with Gasteiger partial charge < -0.3 is 9.47 Å². The van der Waals surface area contributed by atoms with E-state index in [0.29, 0.717) is 12.2 Å². The van der Waals surface area contributed by atoms with Crippen LogP contribution in [-0.2, 0) is 14.3 Å². The van der Waals surface area contributed by atoms with E-state index in [4.69, 9.17) is 9.47 Å². The van der Waals surface area contributed by atoms with Crippen LogP contribution >= 0.6 is 0 Å². The molecule has 0 aromatic carbocycles. The highest BCUT2D eigenvalue weighted by atomic mass is 16.5. The van der Waals surface area contributed by atoms with Crippen LogP contribution in [0.2, 0.25) is 0 Å². The Kier molecular flexibility index (Phi) is 7.88. The molecule has 0 aliphatic carbocycles. The van der Waals surface area contributed by atoms with Crippen molar-refractivity contribution < 1.29 is 14.3 Å². The van der Waals surface area contributed by atoms with Gasteiger partial charge >= 0.3 is 5.97 Å². The van der Waals surface area contributed by atoms with Crippen LogP contribution in [0, 0.1) is 0 Å². The van der Waals surface area contributed by atoms with Gasteiger partial charge in [-0.3, -0.25) is 0 Å². The molecular weight excluding hydrogens is 216 g/mol. The third kappa shape index (κ3) is 11.4. The Hall–Kier alpha value is -0.830. The lowest BCUT2D eigenvalue weighted by Gasteiger charge is -2.19. The summed E-state index contributed by atoms with van der Waals surface area (Å²) in [5, 5.41) is 0. The number of carbonyl (C=O) groups is 1. The molecule has 0 N–H and O–H groups in total. The maximum Gasteiger partial charge on any atom is 0.333 e. The summed E-state index contributed by atoms with van der Waals surface area (Å²) in [4.78, 5) is 11.0. The van der Waals surface area contributed by atoms with Crippen LogP contribution in [0.3, 0.4) is 0 Å². The minimum absolute atomic E-state index is 0.0446. The number of esters is 1. The number of carbonyl (C=O) groups excluding carboxylic acids is 1. The Bertz CT molecular complexity index is 238. The first-order valence-corrected chi connectivity index (χ1v) is 6.29. The minimum atomic E-state index is -0.291. The molecule has 0 radical (unpaired) electrons. The van der Waals surface area contributed by atoms with Crippen molar-refractivity contribution in [2.24, 2.45) is 0 Å². The van der Waals surface area contributed by atoms with Gasteiger partial charge in [0.2, 0.25) is 0 Å². The second-order valence-corrected chi connectivity index (χ2v) is 5.29. The number of unbranched alkanes of at least 4 members (excludes halogenated alkanes) is 3. The van der Waals surface area contributed by atoms with Crippen molar-refractivity contribution in [1.82, 2.24) is 0 Å². The summed E-state index contributed by atoms with van der Waals surface area (Å²) in [5.74, 6) is -0.291. The smallest absolute Gasteiger partial charge is 0.333 e. The molecule has 17 heavy (non-hydrogen) atoms. The Morgan fingerprint density at radius 1 is 1.06 bits per heavy atom. The van der Waals surface area contributed by atoms with Crippen LogP contribution in [0.15, 0.2) is 12.2 Å². The van der Waals surface area contributed by atoms with E-state index < -0.39 is 0 Å². The molecule has 0 aromatic heterocycles. The molecule has 0 heterocycles. The summed E-state index contributed by atoms with van der Waals surface area (Å²) in [6.45, 7) is 12.7. The normalized spacial score (nSPS) is 11.3. The Labute approximate surface area is 105 Å². The lowest BCUT2D eigenvalue weighted by atomic mass is 10.2. The summed E-state index contributed by atoms with van der Waals surface area (Å²) >= 11 is 0. The van der Waals surface area contributed by atoms with Crippen molar-refractivity contribution >= 4 is 5.97 Å². The molecule has 100 valence electrons. The Morgan fingerprint density at radius 2 is 1.59 bits per heavy atom. The van der Waals surface area contributed by atoms with E-state index in [-0.39, 0.29) is 11.6 Å². The average Bonchev–Trinajstić information content (AvgIpc) is 2.19. The molecule has 0 saturated carbocycles.